The van der Waals surface area contributed by atoms with Crippen LogP contribution in [0.2, 0.25) is 0 Å². The summed E-state index contributed by atoms with van der Waals surface area (Å²) in [6, 6.07) is 0. The molecule has 216 valence electrons. The fraction of sp³-hybridized carbons (Fsp3) is 0.828. The van der Waals surface area contributed by atoms with Crippen molar-refractivity contribution in [3.63, 3.8) is 0 Å². The Hall–Kier alpha value is -1.93. The minimum Gasteiger partial charge on any atom is -0.396 e. The molecule has 0 radical (unpaired) electrons. The zero-order chi connectivity index (χ0) is 27.8. The molecule has 0 spiro atoms. The lowest BCUT2D eigenvalue weighted by atomic mass is 9.87. The van der Waals surface area contributed by atoms with E-state index in [1.54, 1.807) is 13.8 Å². The molecule has 0 aliphatic carbocycles. The molecule has 8 heteroatoms. The number of nitrogens with one attached hydrogen (secondary N) is 3. The van der Waals surface area contributed by atoms with Crippen LogP contribution in [0.5, 0.6) is 0 Å². The number of aliphatic hydroxyl groups excluding tert-OH is 2. The lowest BCUT2D eigenvalue weighted by molar-refractivity contribution is -0.137. The van der Waals surface area contributed by atoms with Gasteiger partial charge in [0.2, 0.25) is 17.7 Å². The zero-order valence-electron chi connectivity index (χ0n) is 23.8. The number of unbranched alkanes of at least 4 members (excludes halogenated alkanes) is 11. The SMILES string of the molecule is CCCCCCCC/C=C\CCCCCCCC(=O)NCCNC(=O)CCNC(=O)C(O)C(C)(C)CO. The topological polar surface area (TPSA) is 128 Å². The molecule has 0 aromatic carbocycles. The van der Waals surface area contributed by atoms with Gasteiger partial charge in [0.15, 0.2) is 0 Å². The Kier molecular flexibility index (Phi) is 22.0. The van der Waals surface area contributed by atoms with Crippen molar-refractivity contribution in [1.82, 2.24) is 16.0 Å². The summed E-state index contributed by atoms with van der Waals surface area (Å²) in [4.78, 5) is 35.6. The summed E-state index contributed by atoms with van der Waals surface area (Å²) < 4.78 is 0. The maximum absolute atomic E-state index is 11.9. The fourth-order valence-corrected chi connectivity index (χ4v) is 3.77. The van der Waals surface area contributed by atoms with Crippen LogP contribution in [0.3, 0.4) is 0 Å². The van der Waals surface area contributed by atoms with Crippen LogP contribution in [-0.4, -0.2) is 60.3 Å². The van der Waals surface area contributed by atoms with Crippen LogP contribution < -0.4 is 16.0 Å². The van der Waals surface area contributed by atoms with Crippen LogP contribution in [0.25, 0.3) is 0 Å². The monoisotopic (exact) mass is 525 g/mol. The lowest BCUT2D eigenvalue weighted by Gasteiger charge is -2.27. The van der Waals surface area contributed by atoms with Gasteiger partial charge >= 0.3 is 0 Å². The molecule has 0 heterocycles. The number of hydrogen-bond donors (Lipinski definition) is 5. The maximum Gasteiger partial charge on any atom is 0.249 e. The molecule has 1 atom stereocenters. The second kappa shape index (κ2) is 23.2. The summed E-state index contributed by atoms with van der Waals surface area (Å²) in [6.07, 6.45) is 19.8. The Morgan fingerprint density at radius 2 is 1.19 bits per heavy atom. The van der Waals surface area contributed by atoms with Gasteiger partial charge in [-0.3, -0.25) is 14.4 Å². The van der Waals surface area contributed by atoms with Gasteiger partial charge in [0.25, 0.3) is 0 Å². The predicted molar refractivity (Wildman–Crippen MR) is 150 cm³/mol. The lowest BCUT2D eigenvalue weighted by Crippen LogP contribution is -2.46. The summed E-state index contributed by atoms with van der Waals surface area (Å²) in [5.41, 5.74) is -0.950. The summed E-state index contributed by atoms with van der Waals surface area (Å²) in [7, 11) is 0. The van der Waals surface area contributed by atoms with E-state index in [1.807, 2.05) is 0 Å². The maximum atomic E-state index is 11.9. The predicted octanol–water partition coefficient (Wildman–Crippen LogP) is 4.14. The number of rotatable bonds is 24. The van der Waals surface area contributed by atoms with E-state index in [9.17, 15) is 24.6 Å². The van der Waals surface area contributed by atoms with E-state index in [0.29, 0.717) is 19.5 Å². The van der Waals surface area contributed by atoms with Gasteiger partial charge in [-0.1, -0.05) is 84.3 Å². The van der Waals surface area contributed by atoms with Crippen molar-refractivity contribution in [1.29, 1.82) is 0 Å². The van der Waals surface area contributed by atoms with Gasteiger partial charge in [-0.05, 0) is 32.1 Å². The van der Waals surface area contributed by atoms with E-state index in [-0.39, 0.29) is 31.4 Å². The molecule has 0 aromatic rings. The van der Waals surface area contributed by atoms with Crippen molar-refractivity contribution in [3.05, 3.63) is 12.2 Å². The van der Waals surface area contributed by atoms with Gasteiger partial charge in [-0.2, -0.15) is 0 Å². The molecular weight excluding hydrogens is 470 g/mol. The number of carbonyl (C=O) groups is 3. The van der Waals surface area contributed by atoms with E-state index in [0.717, 1.165) is 25.7 Å². The van der Waals surface area contributed by atoms with Crippen LogP contribution in [0.4, 0.5) is 0 Å². The Morgan fingerprint density at radius 1 is 0.703 bits per heavy atom. The fourth-order valence-electron chi connectivity index (χ4n) is 3.77. The molecule has 37 heavy (non-hydrogen) atoms. The molecule has 0 rings (SSSR count). The number of amides is 3. The Morgan fingerprint density at radius 3 is 1.73 bits per heavy atom. The van der Waals surface area contributed by atoms with E-state index in [4.69, 9.17) is 0 Å². The average Bonchev–Trinajstić information content (AvgIpc) is 2.88. The number of allylic oxidation sites excluding steroid dienone is 2. The van der Waals surface area contributed by atoms with Crippen LogP contribution in [-0.2, 0) is 14.4 Å². The molecule has 3 amide bonds. The normalized spacial score (nSPS) is 12.5. The molecule has 5 N–H and O–H groups in total. The van der Waals surface area contributed by atoms with Crippen LogP contribution in [0.15, 0.2) is 12.2 Å². The van der Waals surface area contributed by atoms with Crippen LogP contribution in [0, 0.1) is 5.41 Å². The number of hydrogen-bond acceptors (Lipinski definition) is 5. The standard InChI is InChI=1S/C29H55N3O5/c1-4-5-6-7-8-9-10-11-12-13-14-15-16-17-18-19-25(34)30-22-23-31-26(35)20-21-32-28(37)27(36)29(2,3)24-33/h11-12,27,33,36H,4-10,13-24H2,1-3H3,(H,30,34)(H,31,35)(H,32,37)/b12-11-. The zero-order valence-corrected chi connectivity index (χ0v) is 23.8. The van der Waals surface area contributed by atoms with Crippen molar-refractivity contribution in [2.75, 3.05) is 26.2 Å². The van der Waals surface area contributed by atoms with E-state index in [2.05, 4.69) is 35.0 Å². The summed E-state index contributed by atoms with van der Waals surface area (Å²) in [5.74, 6) is -0.864. The third kappa shape index (κ3) is 20.8. The molecule has 0 aromatic heterocycles. The molecular formula is C29H55N3O5. The minimum atomic E-state index is -1.35. The van der Waals surface area contributed by atoms with Gasteiger partial charge in [0, 0.05) is 37.9 Å². The van der Waals surface area contributed by atoms with Crippen molar-refractivity contribution in [3.8, 4) is 0 Å². The first-order valence-corrected chi connectivity index (χ1v) is 14.5. The second-order valence-electron chi connectivity index (χ2n) is 10.6. The first-order chi connectivity index (χ1) is 17.7. The highest BCUT2D eigenvalue weighted by Gasteiger charge is 2.32. The number of carbonyl (C=O) groups excluding carboxylic acids is 3. The van der Waals surface area contributed by atoms with Gasteiger partial charge in [0.1, 0.15) is 6.10 Å². The largest absolute Gasteiger partial charge is 0.396 e. The van der Waals surface area contributed by atoms with Crippen molar-refractivity contribution in [2.24, 2.45) is 5.41 Å². The van der Waals surface area contributed by atoms with Crippen molar-refractivity contribution in [2.45, 2.75) is 123 Å². The molecule has 0 aliphatic rings. The molecule has 1 unspecified atom stereocenters. The quantitative estimate of drug-likeness (QED) is 0.0956. The Bertz CT molecular complexity index is 637. The van der Waals surface area contributed by atoms with Crippen LogP contribution >= 0.6 is 0 Å². The van der Waals surface area contributed by atoms with Gasteiger partial charge in [0.05, 0.1) is 6.61 Å². The van der Waals surface area contributed by atoms with E-state index in [1.165, 1.54) is 57.8 Å². The molecule has 0 bridgehead atoms. The van der Waals surface area contributed by atoms with Crippen LogP contribution in [0.1, 0.15) is 117 Å². The minimum absolute atomic E-state index is 0.000347. The molecule has 0 saturated carbocycles. The summed E-state index contributed by atoms with van der Waals surface area (Å²) in [5, 5.41) is 27.1. The average molecular weight is 526 g/mol. The van der Waals surface area contributed by atoms with E-state index >= 15 is 0 Å². The third-order valence-corrected chi connectivity index (χ3v) is 6.48. The summed E-state index contributed by atoms with van der Waals surface area (Å²) in [6.45, 7) is 5.86. The number of aliphatic hydroxyl groups is 2. The molecule has 0 saturated heterocycles. The second-order valence-corrected chi connectivity index (χ2v) is 10.6. The molecule has 0 fully saturated rings. The highest BCUT2D eigenvalue weighted by molar-refractivity contribution is 5.82. The van der Waals surface area contributed by atoms with Crippen molar-refractivity contribution >= 4 is 17.7 Å². The van der Waals surface area contributed by atoms with Gasteiger partial charge in [-0.15, -0.1) is 0 Å². The first kappa shape index (κ1) is 35.1. The molecule has 0 aliphatic heterocycles. The third-order valence-electron chi connectivity index (χ3n) is 6.48. The van der Waals surface area contributed by atoms with Gasteiger partial charge in [-0.25, -0.2) is 0 Å². The Balaban J connectivity index is 3.54. The smallest absolute Gasteiger partial charge is 0.249 e. The highest BCUT2D eigenvalue weighted by atomic mass is 16.3. The van der Waals surface area contributed by atoms with Gasteiger partial charge < -0.3 is 26.2 Å². The first-order valence-electron chi connectivity index (χ1n) is 14.5. The van der Waals surface area contributed by atoms with E-state index < -0.39 is 17.4 Å². The summed E-state index contributed by atoms with van der Waals surface area (Å²) >= 11 is 0. The highest BCUT2D eigenvalue weighted by Crippen LogP contribution is 2.19. The Labute approximate surface area is 225 Å². The van der Waals surface area contributed by atoms with Crippen molar-refractivity contribution < 1.29 is 24.6 Å². The molecule has 8 nitrogen and oxygen atoms in total.